The Kier molecular flexibility index (Phi) is 3.21. The van der Waals surface area contributed by atoms with Gasteiger partial charge in [-0.15, -0.1) is 22.7 Å². The highest BCUT2D eigenvalue weighted by Gasteiger charge is 2.14. The monoisotopic (exact) mass is 289 g/mol. The molecule has 0 unspecified atom stereocenters. The molecule has 0 bridgehead atoms. The van der Waals surface area contributed by atoms with Crippen molar-refractivity contribution >= 4 is 22.7 Å². The van der Waals surface area contributed by atoms with Crippen LogP contribution in [0.5, 0.6) is 0 Å². The van der Waals surface area contributed by atoms with Crippen LogP contribution >= 0.6 is 22.7 Å². The second-order valence-electron chi connectivity index (χ2n) is 4.41. The zero-order valence-corrected chi connectivity index (χ0v) is 12.2. The van der Waals surface area contributed by atoms with Crippen LogP contribution in [-0.4, -0.2) is 4.98 Å². The Morgan fingerprint density at radius 3 is 2.47 bits per heavy atom. The molecule has 19 heavy (non-hydrogen) atoms. The molecule has 0 aliphatic heterocycles. The molecular formula is C15H12FNS2. The molecule has 3 rings (SSSR count). The van der Waals surface area contributed by atoms with E-state index < -0.39 is 0 Å². The van der Waals surface area contributed by atoms with E-state index in [-0.39, 0.29) is 5.82 Å². The summed E-state index contributed by atoms with van der Waals surface area (Å²) in [5.74, 6) is -0.210. The van der Waals surface area contributed by atoms with Gasteiger partial charge in [-0.05, 0) is 48.6 Å². The summed E-state index contributed by atoms with van der Waals surface area (Å²) in [5, 5.41) is 3.15. The molecule has 1 aromatic carbocycles. The highest BCUT2D eigenvalue weighted by molar-refractivity contribution is 7.17. The van der Waals surface area contributed by atoms with E-state index in [1.54, 1.807) is 22.7 Å². The number of thiophene rings is 1. The summed E-state index contributed by atoms with van der Waals surface area (Å²) in [6.45, 7) is 4.08. The van der Waals surface area contributed by atoms with E-state index >= 15 is 0 Å². The Labute approximate surface area is 119 Å². The molecule has 0 atom stereocenters. The molecule has 0 aliphatic rings. The van der Waals surface area contributed by atoms with Gasteiger partial charge in [0, 0.05) is 0 Å². The van der Waals surface area contributed by atoms with E-state index in [0.717, 1.165) is 21.1 Å². The lowest BCUT2D eigenvalue weighted by molar-refractivity contribution is 0.628. The first kappa shape index (κ1) is 12.5. The number of benzene rings is 1. The van der Waals surface area contributed by atoms with Gasteiger partial charge in [0.2, 0.25) is 0 Å². The summed E-state index contributed by atoms with van der Waals surface area (Å²) in [5.41, 5.74) is 3.27. The van der Waals surface area contributed by atoms with Gasteiger partial charge in [-0.25, -0.2) is 9.37 Å². The van der Waals surface area contributed by atoms with Crippen molar-refractivity contribution in [3.05, 3.63) is 52.1 Å². The Balaban J connectivity index is 2.14. The van der Waals surface area contributed by atoms with Crippen molar-refractivity contribution in [1.29, 1.82) is 0 Å². The molecule has 0 radical (unpaired) electrons. The molecule has 2 heterocycles. The normalized spacial score (nSPS) is 10.9. The van der Waals surface area contributed by atoms with Crippen LogP contribution in [0.1, 0.15) is 10.6 Å². The molecule has 0 aliphatic carbocycles. The molecule has 1 nitrogen and oxygen atoms in total. The zero-order chi connectivity index (χ0) is 13.4. The maximum absolute atomic E-state index is 13.0. The van der Waals surface area contributed by atoms with E-state index in [0.29, 0.717) is 0 Å². The van der Waals surface area contributed by atoms with Crippen LogP contribution in [0.25, 0.3) is 21.0 Å². The summed E-state index contributed by atoms with van der Waals surface area (Å²) >= 11 is 3.35. The summed E-state index contributed by atoms with van der Waals surface area (Å²) in [6.07, 6.45) is 0. The van der Waals surface area contributed by atoms with Gasteiger partial charge in [-0.2, -0.15) is 0 Å². The van der Waals surface area contributed by atoms with E-state index in [4.69, 9.17) is 0 Å². The third-order valence-corrected chi connectivity index (χ3v) is 4.88. The molecule has 0 N–H and O–H groups in total. The fourth-order valence-electron chi connectivity index (χ4n) is 1.95. The van der Waals surface area contributed by atoms with Crippen molar-refractivity contribution in [1.82, 2.24) is 4.98 Å². The number of nitrogens with zero attached hydrogens (tertiary/aromatic N) is 1. The van der Waals surface area contributed by atoms with Crippen molar-refractivity contribution in [3.63, 3.8) is 0 Å². The standard InChI is InChI=1S/C15H12FNS2/c1-9-7-13(18-8-9)14-15(19-10(2)17-14)11-3-5-12(16)6-4-11/h3-8H,1-2H3. The van der Waals surface area contributed by atoms with Gasteiger partial charge in [0.15, 0.2) is 0 Å². The molecule has 0 fully saturated rings. The second kappa shape index (κ2) is 4.87. The van der Waals surface area contributed by atoms with Crippen molar-refractivity contribution in [2.45, 2.75) is 13.8 Å². The van der Waals surface area contributed by atoms with Crippen LogP contribution in [0.4, 0.5) is 4.39 Å². The minimum absolute atomic E-state index is 0.210. The Bertz CT molecular complexity index is 710. The second-order valence-corrected chi connectivity index (χ2v) is 6.52. The molecule has 0 saturated carbocycles. The Hall–Kier alpha value is -1.52. The lowest BCUT2D eigenvalue weighted by atomic mass is 10.1. The largest absolute Gasteiger partial charge is 0.240 e. The molecule has 2 aromatic heterocycles. The van der Waals surface area contributed by atoms with Gasteiger partial charge < -0.3 is 0 Å². The lowest BCUT2D eigenvalue weighted by Gasteiger charge is -2.00. The van der Waals surface area contributed by atoms with Gasteiger partial charge in [-0.3, -0.25) is 0 Å². The van der Waals surface area contributed by atoms with E-state index in [1.807, 2.05) is 19.1 Å². The molecule has 3 aromatic rings. The highest BCUT2D eigenvalue weighted by atomic mass is 32.1. The lowest BCUT2D eigenvalue weighted by Crippen LogP contribution is -1.80. The zero-order valence-electron chi connectivity index (χ0n) is 10.6. The van der Waals surface area contributed by atoms with Crippen molar-refractivity contribution in [2.75, 3.05) is 0 Å². The summed E-state index contributed by atoms with van der Waals surface area (Å²) < 4.78 is 13.0. The first-order valence-corrected chi connectivity index (χ1v) is 7.62. The topological polar surface area (TPSA) is 12.9 Å². The smallest absolute Gasteiger partial charge is 0.123 e. The van der Waals surface area contributed by atoms with Gasteiger partial charge in [0.25, 0.3) is 0 Å². The fourth-order valence-corrected chi connectivity index (χ4v) is 3.84. The summed E-state index contributed by atoms with van der Waals surface area (Å²) in [6, 6.07) is 8.76. The molecular weight excluding hydrogens is 277 g/mol. The first-order valence-electron chi connectivity index (χ1n) is 5.92. The third kappa shape index (κ3) is 2.46. The molecule has 0 saturated heterocycles. The van der Waals surface area contributed by atoms with Gasteiger partial charge in [0.1, 0.15) is 5.82 Å². The molecule has 96 valence electrons. The number of hydrogen-bond donors (Lipinski definition) is 0. The van der Waals surface area contributed by atoms with Gasteiger partial charge in [0.05, 0.1) is 20.5 Å². The number of hydrogen-bond acceptors (Lipinski definition) is 3. The predicted octanol–water partition coefficient (Wildman–Crippen LogP) is 5.29. The number of rotatable bonds is 2. The molecule has 0 spiro atoms. The average Bonchev–Trinajstić information content (AvgIpc) is 2.96. The highest BCUT2D eigenvalue weighted by Crippen LogP contribution is 2.39. The number of halogens is 1. The van der Waals surface area contributed by atoms with Crippen LogP contribution in [0.15, 0.2) is 35.7 Å². The van der Waals surface area contributed by atoms with Crippen LogP contribution in [-0.2, 0) is 0 Å². The van der Waals surface area contributed by atoms with Crippen molar-refractivity contribution in [2.24, 2.45) is 0 Å². The SMILES string of the molecule is Cc1csc(-c2nc(C)sc2-c2ccc(F)cc2)c1. The minimum Gasteiger partial charge on any atom is -0.240 e. The number of aromatic nitrogens is 1. The van der Waals surface area contributed by atoms with Crippen molar-refractivity contribution < 1.29 is 4.39 Å². The minimum atomic E-state index is -0.210. The quantitative estimate of drug-likeness (QED) is 0.624. The van der Waals surface area contributed by atoms with Crippen molar-refractivity contribution in [3.8, 4) is 21.0 Å². The third-order valence-electron chi connectivity index (χ3n) is 2.80. The van der Waals surface area contributed by atoms with Crippen LogP contribution in [0, 0.1) is 19.7 Å². The number of thiazole rings is 1. The van der Waals surface area contributed by atoms with E-state index in [1.165, 1.54) is 22.6 Å². The predicted molar refractivity (Wildman–Crippen MR) is 80.3 cm³/mol. The maximum atomic E-state index is 13.0. The van der Waals surface area contributed by atoms with Crippen LogP contribution in [0.3, 0.4) is 0 Å². The molecule has 0 amide bonds. The van der Waals surface area contributed by atoms with E-state index in [9.17, 15) is 4.39 Å². The fraction of sp³-hybridized carbons (Fsp3) is 0.133. The molecule has 4 heteroatoms. The van der Waals surface area contributed by atoms with Gasteiger partial charge >= 0.3 is 0 Å². The Morgan fingerprint density at radius 2 is 1.84 bits per heavy atom. The maximum Gasteiger partial charge on any atom is 0.123 e. The average molecular weight is 289 g/mol. The summed E-state index contributed by atoms with van der Waals surface area (Å²) in [7, 11) is 0. The van der Waals surface area contributed by atoms with Crippen LogP contribution in [0.2, 0.25) is 0 Å². The number of aryl methyl sites for hydroxylation is 2. The van der Waals surface area contributed by atoms with Gasteiger partial charge in [-0.1, -0.05) is 12.1 Å². The van der Waals surface area contributed by atoms with Crippen LogP contribution < -0.4 is 0 Å². The Morgan fingerprint density at radius 1 is 1.11 bits per heavy atom. The first-order chi connectivity index (χ1) is 9.13. The summed E-state index contributed by atoms with van der Waals surface area (Å²) in [4.78, 5) is 6.91. The van der Waals surface area contributed by atoms with E-state index in [2.05, 4.69) is 23.4 Å².